The summed E-state index contributed by atoms with van der Waals surface area (Å²) >= 11 is 0. The molecule has 0 amide bonds. The first-order valence-electron chi connectivity index (χ1n) is 6.81. The Hall–Kier alpha value is -2.53. The number of rotatable bonds is 5. The fourth-order valence-corrected chi connectivity index (χ4v) is 2.24. The normalized spacial score (nSPS) is 10.8. The molecule has 3 aromatic rings. The van der Waals surface area contributed by atoms with Crippen LogP contribution in [-0.4, -0.2) is 34.9 Å². The van der Waals surface area contributed by atoms with Crippen LogP contribution in [0.15, 0.2) is 48.8 Å². The second-order valence-electron chi connectivity index (χ2n) is 4.63. The first kappa shape index (κ1) is 13.5. The standard InChI is InChI=1S/C16H17N3O2/c1-17-12-2-4-13(5-3-12)19-11-18-15-10-14(21-9-8-20)6-7-16(15)19/h2-7,10-11,17,20H,8-9H2,1H3. The molecule has 2 N–H and O–H groups in total. The van der Waals surface area contributed by atoms with Gasteiger partial charge in [-0.05, 0) is 36.4 Å². The predicted octanol–water partition coefficient (Wildman–Crippen LogP) is 2.44. The van der Waals surface area contributed by atoms with E-state index in [-0.39, 0.29) is 13.2 Å². The Bertz CT molecular complexity index is 735. The Labute approximate surface area is 122 Å². The fraction of sp³-hybridized carbons (Fsp3) is 0.188. The van der Waals surface area contributed by atoms with Gasteiger partial charge in [-0.15, -0.1) is 0 Å². The number of benzene rings is 2. The lowest BCUT2D eigenvalue weighted by Crippen LogP contribution is -2.01. The van der Waals surface area contributed by atoms with Crippen molar-refractivity contribution < 1.29 is 9.84 Å². The van der Waals surface area contributed by atoms with Gasteiger partial charge in [0.1, 0.15) is 18.7 Å². The molecule has 0 saturated heterocycles. The third-order valence-electron chi connectivity index (χ3n) is 3.31. The Morgan fingerprint density at radius 3 is 2.71 bits per heavy atom. The number of hydrogen-bond donors (Lipinski definition) is 2. The van der Waals surface area contributed by atoms with E-state index in [0.29, 0.717) is 5.75 Å². The summed E-state index contributed by atoms with van der Waals surface area (Å²) in [5.74, 6) is 0.715. The summed E-state index contributed by atoms with van der Waals surface area (Å²) in [5, 5.41) is 11.9. The van der Waals surface area contributed by atoms with Crippen molar-refractivity contribution in [1.82, 2.24) is 9.55 Å². The van der Waals surface area contributed by atoms with Gasteiger partial charge in [0.15, 0.2) is 0 Å². The van der Waals surface area contributed by atoms with Crippen molar-refractivity contribution in [1.29, 1.82) is 0 Å². The van der Waals surface area contributed by atoms with Gasteiger partial charge in [0, 0.05) is 24.5 Å². The van der Waals surface area contributed by atoms with E-state index in [1.54, 1.807) is 6.33 Å². The second-order valence-corrected chi connectivity index (χ2v) is 4.63. The minimum atomic E-state index is 0.00426. The molecule has 0 atom stereocenters. The molecule has 0 spiro atoms. The molecule has 0 radical (unpaired) electrons. The molecule has 0 aliphatic heterocycles. The van der Waals surface area contributed by atoms with Crippen LogP contribution in [0.25, 0.3) is 16.7 Å². The highest BCUT2D eigenvalue weighted by molar-refractivity contribution is 5.79. The molecular formula is C16H17N3O2. The molecule has 5 heteroatoms. The quantitative estimate of drug-likeness (QED) is 0.755. The van der Waals surface area contributed by atoms with Gasteiger partial charge in [0.25, 0.3) is 0 Å². The van der Waals surface area contributed by atoms with Crippen molar-refractivity contribution in [3.05, 3.63) is 48.8 Å². The summed E-state index contributed by atoms with van der Waals surface area (Å²) < 4.78 is 7.43. The molecule has 0 bridgehead atoms. The van der Waals surface area contributed by atoms with Crippen molar-refractivity contribution in [2.45, 2.75) is 0 Å². The Morgan fingerprint density at radius 2 is 2.00 bits per heavy atom. The van der Waals surface area contributed by atoms with Gasteiger partial charge in [-0.1, -0.05) is 0 Å². The smallest absolute Gasteiger partial charge is 0.121 e. The molecule has 2 aromatic carbocycles. The number of fused-ring (bicyclic) bond motifs is 1. The van der Waals surface area contributed by atoms with Gasteiger partial charge in [0.2, 0.25) is 0 Å². The molecule has 0 saturated carbocycles. The number of nitrogens with zero attached hydrogens (tertiary/aromatic N) is 2. The maximum atomic E-state index is 8.79. The topological polar surface area (TPSA) is 59.3 Å². The van der Waals surface area contributed by atoms with Crippen LogP contribution in [0.5, 0.6) is 5.75 Å². The molecule has 21 heavy (non-hydrogen) atoms. The number of aliphatic hydroxyl groups excluding tert-OH is 1. The first-order valence-corrected chi connectivity index (χ1v) is 6.81. The molecule has 0 unspecified atom stereocenters. The number of nitrogens with one attached hydrogen (secondary N) is 1. The molecule has 1 aromatic heterocycles. The second kappa shape index (κ2) is 5.85. The largest absolute Gasteiger partial charge is 0.491 e. The van der Waals surface area contributed by atoms with E-state index >= 15 is 0 Å². The Morgan fingerprint density at radius 1 is 1.19 bits per heavy atom. The number of hydrogen-bond acceptors (Lipinski definition) is 4. The third-order valence-corrected chi connectivity index (χ3v) is 3.31. The van der Waals surface area contributed by atoms with Crippen LogP contribution in [0.3, 0.4) is 0 Å². The lowest BCUT2D eigenvalue weighted by Gasteiger charge is -2.07. The average molecular weight is 283 g/mol. The van der Waals surface area contributed by atoms with Crippen LogP contribution in [0.2, 0.25) is 0 Å². The lowest BCUT2D eigenvalue weighted by molar-refractivity contribution is 0.201. The minimum absolute atomic E-state index is 0.00426. The summed E-state index contributed by atoms with van der Waals surface area (Å²) in [4.78, 5) is 4.41. The molecule has 5 nitrogen and oxygen atoms in total. The molecule has 1 heterocycles. The fourth-order valence-electron chi connectivity index (χ4n) is 2.24. The maximum Gasteiger partial charge on any atom is 0.121 e. The van der Waals surface area contributed by atoms with Crippen LogP contribution in [0.1, 0.15) is 0 Å². The van der Waals surface area contributed by atoms with Gasteiger partial charge in [-0.2, -0.15) is 0 Å². The number of aromatic nitrogens is 2. The van der Waals surface area contributed by atoms with E-state index in [1.807, 2.05) is 54.1 Å². The summed E-state index contributed by atoms with van der Waals surface area (Å²) in [5.41, 5.74) is 4.01. The number of anilines is 1. The third kappa shape index (κ3) is 2.68. The summed E-state index contributed by atoms with van der Waals surface area (Å²) in [6.45, 7) is 0.294. The Balaban J connectivity index is 1.95. The molecular weight excluding hydrogens is 266 g/mol. The number of aliphatic hydroxyl groups is 1. The van der Waals surface area contributed by atoms with Gasteiger partial charge in [0.05, 0.1) is 17.6 Å². The van der Waals surface area contributed by atoms with Crippen molar-refractivity contribution in [3.63, 3.8) is 0 Å². The summed E-state index contributed by atoms with van der Waals surface area (Å²) in [6, 6.07) is 13.9. The van der Waals surface area contributed by atoms with Crippen LogP contribution >= 0.6 is 0 Å². The maximum absolute atomic E-state index is 8.79. The van der Waals surface area contributed by atoms with E-state index in [4.69, 9.17) is 9.84 Å². The van der Waals surface area contributed by atoms with E-state index in [2.05, 4.69) is 10.3 Å². The van der Waals surface area contributed by atoms with Crippen LogP contribution in [-0.2, 0) is 0 Å². The molecule has 0 aliphatic rings. The monoisotopic (exact) mass is 283 g/mol. The van der Waals surface area contributed by atoms with Gasteiger partial charge in [-0.3, -0.25) is 4.57 Å². The van der Waals surface area contributed by atoms with Crippen LogP contribution < -0.4 is 10.1 Å². The zero-order valence-electron chi connectivity index (χ0n) is 11.8. The Kier molecular flexibility index (Phi) is 3.75. The van der Waals surface area contributed by atoms with E-state index in [1.165, 1.54) is 0 Å². The van der Waals surface area contributed by atoms with Crippen molar-refractivity contribution in [2.75, 3.05) is 25.6 Å². The molecule has 0 aliphatic carbocycles. The highest BCUT2D eigenvalue weighted by Crippen LogP contribution is 2.23. The predicted molar refractivity (Wildman–Crippen MR) is 83.2 cm³/mol. The zero-order chi connectivity index (χ0) is 14.7. The van der Waals surface area contributed by atoms with E-state index < -0.39 is 0 Å². The van der Waals surface area contributed by atoms with Crippen molar-refractivity contribution in [2.24, 2.45) is 0 Å². The zero-order valence-corrected chi connectivity index (χ0v) is 11.8. The van der Waals surface area contributed by atoms with Gasteiger partial charge in [-0.25, -0.2) is 4.98 Å². The molecule has 0 fully saturated rings. The molecule has 3 rings (SSSR count). The highest BCUT2D eigenvalue weighted by Gasteiger charge is 2.06. The van der Waals surface area contributed by atoms with E-state index in [9.17, 15) is 0 Å². The average Bonchev–Trinajstić information content (AvgIpc) is 2.96. The first-order chi connectivity index (χ1) is 10.3. The van der Waals surface area contributed by atoms with Crippen LogP contribution in [0.4, 0.5) is 5.69 Å². The van der Waals surface area contributed by atoms with Crippen LogP contribution in [0, 0.1) is 0 Å². The minimum Gasteiger partial charge on any atom is -0.491 e. The number of ether oxygens (including phenoxy) is 1. The number of imidazole rings is 1. The van der Waals surface area contributed by atoms with E-state index in [0.717, 1.165) is 22.4 Å². The van der Waals surface area contributed by atoms with Gasteiger partial charge >= 0.3 is 0 Å². The highest BCUT2D eigenvalue weighted by atomic mass is 16.5. The SMILES string of the molecule is CNc1ccc(-n2cnc3cc(OCCO)ccc32)cc1. The van der Waals surface area contributed by atoms with Gasteiger partial charge < -0.3 is 15.2 Å². The van der Waals surface area contributed by atoms with Crippen molar-refractivity contribution >= 4 is 16.7 Å². The summed E-state index contributed by atoms with van der Waals surface area (Å²) in [7, 11) is 1.90. The lowest BCUT2D eigenvalue weighted by atomic mass is 10.2. The summed E-state index contributed by atoms with van der Waals surface area (Å²) in [6.07, 6.45) is 1.80. The molecule has 108 valence electrons. The van der Waals surface area contributed by atoms with Crippen molar-refractivity contribution in [3.8, 4) is 11.4 Å².